The maximum Gasteiger partial charge on any atom is 0.142 e. The van der Waals surface area contributed by atoms with Crippen LogP contribution >= 0.6 is 0 Å². The lowest BCUT2D eigenvalue weighted by Crippen LogP contribution is -2.03. The van der Waals surface area contributed by atoms with Crippen molar-refractivity contribution in [3.05, 3.63) is 41.7 Å². The fourth-order valence-corrected chi connectivity index (χ4v) is 2.00. The van der Waals surface area contributed by atoms with Gasteiger partial charge in [-0.15, -0.1) is 0 Å². The molecule has 4 heteroatoms. The number of aromatic nitrogens is 2. The number of ether oxygens (including phenoxy) is 1. The summed E-state index contributed by atoms with van der Waals surface area (Å²) in [7, 11) is 0. The van der Waals surface area contributed by atoms with Crippen LogP contribution in [0.25, 0.3) is 0 Å². The summed E-state index contributed by atoms with van der Waals surface area (Å²) in [4.78, 5) is 0. The third-order valence-electron chi connectivity index (χ3n) is 3.10. The first-order valence-electron chi connectivity index (χ1n) is 7.10. The molecule has 0 atom stereocenters. The Balaban J connectivity index is 2.06. The molecule has 0 fully saturated rings. The highest BCUT2D eigenvalue weighted by atomic mass is 16.5. The first-order chi connectivity index (χ1) is 9.60. The minimum Gasteiger partial charge on any atom is -0.492 e. The minimum absolute atomic E-state index is 0.391. The van der Waals surface area contributed by atoms with Gasteiger partial charge in [0.05, 0.1) is 18.5 Å². The largest absolute Gasteiger partial charge is 0.492 e. The van der Waals surface area contributed by atoms with Crippen molar-refractivity contribution in [1.82, 2.24) is 9.78 Å². The standard InChI is InChI=1S/C16H23N3O/c1-5-20-16-8-13(4)6-7-15(16)17-9-14-10-18-19(11-14)12(2)3/h6-8,10-12,17H,5,9H2,1-4H3. The van der Waals surface area contributed by atoms with Crippen LogP contribution in [0.15, 0.2) is 30.6 Å². The smallest absolute Gasteiger partial charge is 0.142 e. The third-order valence-corrected chi connectivity index (χ3v) is 3.10. The Morgan fingerprint density at radius 2 is 2.15 bits per heavy atom. The summed E-state index contributed by atoms with van der Waals surface area (Å²) in [6.45, 7) is 9.73. The van der Waals surface area contributed by atoms with E-state index in [0.717, 1.165) is 18.0 Å². The van der Waals surface area contributed by atoms with E-state index < -0.39 is 0 Å². The molecule has 4 nitrogen and oxygen atoms in total. The lowest BCUT2D eigenvalue weighted by molar-refractivity contribution is 0.341. The Kier molecular flexibility index (Phi) is 4.66. The molecule has 1 aromatic carbocycles. The summed E-state index contributed by atoms with van der Waals surface area (Å²) in [5, 5.41) is 7.76. The van der Waals surface area contributed by atoms with Crippen molar-refractivity contribution >= 4 is 5.69 Å². The fraction of sp³-hybridized carbons (Fsp3) is 0.438. The maximum atomic E-state index is 5.67. The molecule has 0 amide bonds. The average Bonchev–Trinajstić information content (AvgIpc) is 2.87. The number of rotatable bonds is 6. The first kappa shape index (κ1) is 14.4. The van der Waals surface area contributed by atoms with Crippen LogP contribution in [0.3, 0.4) is 0 Å². The van der Waals surface area contributed by atoms with Gasteiger partial charge in [0.1, 0.15) is 5.75 Å². The van der Waals surface area contributed by atoms with Crippen LogP contribution in [-0.4, -0.2) is 16.4 Å². The Bertz CT molecular complexity index is 561. The molecule has 0 bridgehead atoms. The molecule has 0 unspecified atom stereocenters. The second-order valence-corrected chi connectivity index (χ2v) is 5.21. The van der Waals surface area contributed by atoms with E-state index >= 15 is 0 Å². The molecule has 2 aromatic rings. The third kappa shape index (κ3) is 3.53. The van der Waals surface area contributed by atoms with E-state index in [0.29, 0.717) is 12.6 Å². The number of hydrogen-bond donors (Lipinski definition) is 1. The van der Waals surface area contributed by atoms with Gasteiger partial charge >= 0.3 is 0 Å². The van der Waals surface area contributed by atoms with Crippen molar-refractivity contribution in [3.8, 4) is 5.75 Å². The number of hydrogen-bond acceptors (Lipinski definition) is 3. The van der Waals surface area contributed by atoms with Crippen molar-refractivity contribution in [1.29, 1.82) is 0 Å². The van der Waals surface area contributed by atoms with Gasteiger partial charge < -0.3 is 10.1 Å². The van der Waals surface area contributed by atoms with Crippen LogP contribution in [0.2, 0.25) is 0 Å². The SMILES string of the molecule is CCOc1cc(C)ccc1NCc1cnn(C(C)C)c1. The van der Waals surface area contributed by atoms with Crippen molar-refractivity contribution in [2.24, 2.45) is 0 Å². The summed E-state index contributed by atoms with van der Waals surface area (Å²) in [6, 6.07) is 6.60. The normalized spacial score (nSPS) is 10.8. The summed E-state index contributed by atoms with van der Waals surface area (Å²) in [5.41, 5.74) is 3.39. The number of anilines is 1. The molecule has 0 radical (unpaired) electrons. The van der Waals surface area contributed by atoms with E-state index in [1.54, 1.807) is 0 Å². The molecule has 0 saturated carbocycles. The molecule has 20 heavy (non-hydrogen) atoms. The van der Waals surface area contributed by atoms with Gasteiger partial charge in [-0.3, -0.25) is 4.68 Å². The number of nitrogens with one attached hydrogen (secondary N) is 1. The highest BCUT2D eigenvalue weighted by Gasteiger charge is 2.05. The molecule has 0 saturated heterocycles. The predicted octanol–water partition coefficient (Wildman–Crippen LogP) is 3.78. The van der Waals surface area contributed by atoms with Gasteiger partial charge in [0, 0.05) is 24.3 Å². The molecule has 0 aliphatic carbocycles. The maximum absolute atomic E-state index is 5.67. The van der Waals surface area contributed by atoms with E-state index in [1.807, 2.05) is 17.8 Å². The molecular weight excluding hydrogens is 250 g/mol. The lowest BCUT2D eigenvalue weighted by atomic mass is 10.2. The summed E-state index contributed by atoms with van der Waals surface area (Å²) < 4.78 is 7.63. The Morgan fingerprint density at radius 1 is 1.35 bits per heavy atom. The average molecular weight is 273 g/mol. The zero-order valence-electron chi connectivity index (χ0n) is 12.7. The van der Waals surface area contributed by atoms with Crippen molar-refractivity contribution in [3.63, 3.8) is 0 Å². The Morgan fingerprint density at radius 3 is 2.80 bits per heavy atom. The van der Waals surface area contributed by atoms with Crippen LogP contribution in [0, 0.1) is 6.92 Å². The monoisotopic (exact) mass is 273 g/mol. The number of benzene rings is 1. The van der Waals surface area contributed by atoms with Gasteiger partial charge in [-0.1, -0.05) is 6.07 Å². The van der Waals surface area contributed by atoms with Crippen molar-refractivity contribution in [2.75, 3.05) is 11.9 Å². The highest BCUT2D eigenvalue weighted by Crippen LogP contribution is 2.26. The molecule has 2 rings (SSSR count). The Labute approximate surface area is 120 Å². The minimum atomic E-state index is 0.391. The molecule has 1 heterocycles. The van der Waals surface area contributed by atoms with Crippen LogP contribution in [0.4, 0.5) is 5.69 Å². The number of nitrogens with zero attached hydrogens (tertiary/aromatic N) is 2. The molecular formula is C16H23N3O. The van der Waals surface area contributed by atoms with Gasteiger partial charge in [-0.25, -0.2) is 0 Å². The lowest BCUT2D eigenvalue weighted by Gasteiger charge is -2.12. The van der Waals surface area contributed by atoms with E-state index in [-0.39, 0.29) is 0 Å². The van der Waals surface area contributed by atoms with Crippen LogP contribution in [0.5, 0.6) is 5.75 Å². The van der Waals surface area contributed by atoms with Crippen molar-refractivity contribution in [2.45, 2.75) is 40.3 Å². The summed E-state index contributed by atoms with van der Waals surface area (Å²) >= 11 is 0. The van der Waals surface area contributed by atoms with Crippen LogP contribution in [-0.2, 0) is 6.54 Å². The molecule has 108 valence electrons. The zero-order chi connectivity index (χ0) is 14.5. The molecule has 0 aliphatic heterocycles. The van der Waals surface area contributed by atoms with Gasteiger partial charge in [-0.05, 0) is 45.4 Å². The molecule has 1 N–H and O–H groups in total. The second kappa shape index (κ2) is 6.46. The number of aryl methyl sites for hydroxylation is 1. The van der Waals surface area contributed by atoms with Crippen LogP contribution < -0.4 is 10.1 Å². The molecule has 0 aliphatic rings. The topological polar surface area (TPSA) is 39.1 Å². The predicted molar refractivity (Wildman–Crippen MR) is 82.3 cm³/mol. The van der Waals surface area contributed by atoms with Gasteiger partial charge in [0.2, 0.25) is 0 Å². The first-order valence-corrected chi connectivity index (χ1v) is 7.10. The van der Waals surface area contributed by atoms with E-state index in [2.05, 4.69) is 55.6 Å². The highest BCUT2D eigenvalue weighted by molar-refractivity contribution is 5.57. The summed E-state index contributed by atoms with van der Waals surface area (Å²) in [6.07, 6.45) is 3.98. The fourth-order valence-electron chi connectivity index (χ4n) is 2.00. The van der Waals surface area contributed by atoms with Crippen molar-refractivity contribution < 1.29 is 4.74 Å². The zero-order valence-corrected chi connectivity index (χ0v) is 12.7. The van der Waals surface area contributed by atoms with E-state index in [1.165, 1.54) is 11.1 Å². The van der Waals surface area contributed by atoms with E-state index in [4.69, 9.17) is 4.74 Å². The van der Waals surface area contributed by atoms with Crippen LogP contribution in [0.1, 0.15) is 37.9 Å². The second-order valence-electron chi connectivity index (χ2n) is 5.21. The van der Waals surface area contributed by atoms with Gasteiger partial charge in [0.15, 0.2) is 0 Å². The van der Waals surface area contributed by atoms with E-state index in [9.17, 15) is 0 Å². The molecule has 1 aromatic heterocycles. The molecule has 0 spiro atoms. The summed E-state index contributed by atoms with van der Waals surface area (Å²) in [5.74, 6) is 0.906. The quantitative estimate of drug-likeness (QED) is 0.870. The Hall–Kier alpha value is -1.97. The van der Waals surface area contributed by atoms with Gasteiger partial charge in [0.25, 0.3) is 0 Å². The van der Waals surface area contributed by atoms with Gasteiger partial charge in [-0.2, -0.15) is 5.10 Å².